The Kier molecular flexibility index (Phi) is 4.56. The molecule has 2 nitrogen and oxygen atoms in total. The molecule has 1 aromatic carbocycles. The topological polar surface area (TPSA) is 38.9 Å². The summed E-state index contributed by atoms with van der Waals surface area (Å²) in [6, 6.07) is 12.7. The summed E-state index contributed by atoms with van der Waals surface area (Å²) in [6.45, 7) is 6.50. The minimum atomic E-state index is -0.0349. The van der Waals surface area contributed by atoms with Crippen LogP contribution in [0.2, 0.25) is 0 Å². The molecule has 0 amide bonds. The van der Waals surface area contributed by atoms with Crippen LogP contribution in [0.15, 0.2) is 48.8 Å². The lowest BCUT2D eigenvalue weighted by Gasteiger charge is -2.38. The van der Waals surface area contributed by atoms with Crippen molar-refractivity contribution in [1.29, 1.82) is 0 Å². The molecule has 20 heavy (non-hydrogen) atoms. The molecule has 1 atom stereocenters. The van der Waals surface area contributed by atoms with Crippen molar-refractivity contribution in [2.45, 2.75) is 45.1 Å². The van der Waals surface area contributed by atoms with Gasteiger partial charge in [0.05, 0.1) is 0 Å². The van der Waals surface area contributed by atoms with Crippen molar-refractivity contribution in [3.05, 3.63) is 65.5 Å². The van der Waals surface area contributed by atoms with E-state index in [9.17, 15) is 0 Å². The van der Waals surface area contributed by atoms with Gasteiger partial charge in [-0.3, -0.25) is 4.98 Å². The summed E-state index contributed by atoms with van der Waals surface area (Å²) in [5.74, 6) is 0. The van der Waals surface area contributed by atoms with Crippen LogP contribution in [0.5, 0.6) is 0 Å². The Balaban J connectivity index is 2.48. The lowest BCUT2D eigenvalue weighted by Crippen LogP contribution is -2.38. The van der Waals surface area contributed by atoms with Crippen LogP contribution in [0, 0.1) is 6.92 Å². The molecule has 0 bridgehead atoms. The standard InChI is InChI=1S/C18H24N2/c1-4-18(5-2,16-9-7-6-8-10-16)17(19)15-11-14(3)12-20-13-15/h6-13,17H,4-5,19H2,1-3H3. The van der Waals surface area contributed by atoms with Gasteiger partial charge < -0.3 is 5.73 Å². The molecule has 0 saturated heterocycles. The zero-order valence-corrected chi connectivity index (χ0v) is 12.6. The van der Waals surface area contributed by atoms with Gasteiger partial charge in [0.1, 0.15) is 0 Å². The van der Waals surface area contributed by atoms with Gasteiger partial charge >= 0.3 is 0 Å². The van der Waals surface area contributed by atoms with Crippen molar-refractivity contribution in [2.75, 3.05) is 0 Å². The van der Waals surface area contributed by atoms with Crippen molar-refractivity contribution >= 4 is 0 Å². The van der Waals surface area contributed by atoms with Crippen LogP contribution in [0.25, 0.3) is 0 Å². The Morgan fingerprint density at radius 1 is 1.10 bits per heavy atom. The number of benzene rings is 1. The predicted molar refractivity (Wildman–Crippen MR) is 84.6 cm³/mol. The second kappa shape index (κ2) is 6.19. The number of nitrogens with two attached hydrogens (primary N) is 1. The lowest BCUT2D eigenvalue weighted by atomic mass is 9.68. The highest BCUT2D eigenvalue weighted by Crippen LogP contribution is 2.41. The van der Waals surface area contributed by atoms with Gasteiger partial charge in [-0.1, -0.05) is 50.2 Å². The van der Waals surface area contributed by atoms with E-state index < -0.39 is 0 Å². The molecule has 0 spiro atoms. The molecule has 1 aromatic heterocycles. The number of rotatable bonds is 5. The molecule has 0 aliphatic rings. The van der Waals surface area contributed by atoms with E-state index in [4.69, 9.17) is 5.73 Å². The number of nitrogens with zero attached hydrogens (tertiary/aromatic N) is 1. The zero-order valence-electron chi connectivity index (χ0n) is 12.6. The first-order valence-corrected chi connectivity index (χ1v) is 7.36. The number of hydrogen-bond donors (Lipinski definition) is 1. The zero-order chi connectivity index (χ0) is 14.6. The van der Waals surface area contributed by atoms with E-state index in [1.807, 2.05) is 12.4 Å². The number of pyridine rings is 1. The van der Waals surface area contributed by atoms with Crippen LogP contribution in [-0.4, -0.2) is 4.98 Å². The van der Waals surface area contributed by atoms with E-state index in [0.717, 1.165) is 24.0 Å². The first kappa shape index (κ1) is 14.7. The Morgan fingerprint density at radius 3 is 2.30 bits per heavy atom. The van der Waals surface area contributed by atoms with E-state index in [2.05, 4.69) is 62.2 Å². The quantitative estimate of drug-likeness (QED) is 0.884. The molecule has 2 aromatic rings. The van der Waals surface area contributed by atoms with Gasteiger partial charge in [-0.15, -0.1) is 0 Å². The maximum Gasteiger partial charge on any atom is 0.0408 e. The Hall–Kier alpha value is -1.67. The van der Waals surface area contributed by atoms with Gasteiger partial charge in [-0.05, 0) is 36.5 Å². The van der Waals surface area contributed by atoms with E-state index in [1.54, 1.807) is 0 Å². The number of aromatic nitrogens is 1. The third kappa shape index (κ3) is 2.61. The van der Waals surface area contributed by atoms with Crippen LogP contribution < -0.4 is 5.73 Å². The van der Waals surface area contributed by atoms with E-state index in [1.165, 1.54) is 5.56 Å². The molecule has 2 heteroatoms. The van der Waals surface area contributed by atoms with Crippen molar-refractivity contribution in [3.8, 4) is 0 Å². The van der Waals surface area contributed by atoms with Gasteiger partial charge in [0.2, 0.25) is 0 Å². The summed E-state index contributed by atoms with van der Waals surface area (Å²) in [4.78, 5) is 4.30. The molecule has 0 aliphatic carbocycles. The molecule has 0 saturated carbocycles. The molecule has 2 rings (SSSR count). The highest BCUT2D eigenvalue weighted by atomic mass is 14.7. The average molecular weight is 268 g/mol. The molecule has 106 valence electrons. The molecule has 2 N–H and O–H groups in total. The normalized spacial score (nSPS) is 13.2. The van der Waals surface area contributed by atoms with E-state index in [0.29, 0.717) is 0 Å². The Morgan fingerprint density at radius 2 is 1.75 bits per heavy atom. The van der Waals surface area contributed by atoms with Gasteiger partial charge in [-0.25, -0.2) is 0 Å². The summed E-state index contributed by atoms with van der Waals surface area (Å²) >= 11 is 0. The van der Waals surface area contributed by atoms with E-state index >= 15 is 0 Å². The number of hydrogen-bond acceptors (Lipinski definition) is 2. The molecular formula is C18H24N2. The molecule has 0 fully saturated rings. The summed E-state index contributed by atoms with van der Waals surface area (Å²) < 4.78 is 0. The minimum Gasteiger partial charge on any atom is -0.323 e. The van der Waals surface area contributed by atoms with Crippen molar-refractivity contribution < 1.29 is 0 Å². The van der Waals surface area contributed by atoms with E-state index in [-0.39, 0.29) is 11.5 Å². The number of aryl methyl sites for hydroxylation is 1. The smallest absolute Gasteiger partial charge is 0.0408 e. The van der Waals surface area contributed by atoms with Crippen LogP contribution >= 0.6 is 0 Å². The maximum atomic E-state index is 6.66. The first-order valence-electron chi connectivity index (χ1n) is 7.36. The Labute approximate surface area is 122 Å². The van der Waals surface area contributed by atoms with Crippen LogP contribution in [0.3, 0.4) is 0 Å². The third-order valence-electron chi connectivity index (χ3n) is 4.46. The third-order valence-corrected chi connectivity index (χ3v) is 4.46. The first-order chi connectivity index (χ1) is 9.64. The second-order valence-electron chi connectivity index (χ2n) is 5.50. The highest BCUT2D eigenvalue weighted by molar-refractivity contribution is 5.33. The molecule has 0 radical (unpaired) electrons. The summed E-state index contributed by atoms with van der Waals surface area (Å²) in [6.07, 6.45) is 5.81. The van der Waals surface area contributed by atoms with Crippen LogP contribution in [-0.2, 0) is 5.41 Å². The SMILES string of the molecule is CCC(CC)(c1ccccc1)C(N)c1cncc(C)c1. The molecular weight excluding hydrogens is 244 g/mol. The molecule has 0 aliphatic heterocycles. The highest BCUT2D eigenvalue weighted by Gasteiger charge is 2.36. The molecule has 1 heterocycles. The second-order valence-corrected chi connectivity index (χ2v) is 5.50. The van der Waals surface area contributed by atoms with Crippen molar-refractivity contribution in [2.24, 2.45) is 5.73 Å². The van der Waals surface area contributed by atoms with Gasteiger partial charge in [0, 0.05) is 23.9 Å². The van der Waals surface area contributed by atoms with Crippen molar-refractivity contribution in [3.63, 3.8) is 0 Å². The fraction of sp³-hybridized carbons (Fsp3) is 0.389. The maximum absolute atomic E-state index is 6.66. The van der Waals surface area contributed by atoms with Crippen molar-refractivity contribution in [1.82, 2.24) is 4.98 Å². The van der Waals surface area contributed by atoms with Gasteiger partial charge in [-0.2, -0.15) is 0 Å². The van der Waals surface area contributed by atoms with Crippen LogP contribution in [0.1, 0.15) is 49.4 Å². The Bertz CT molecular complexity index is 544. The summed E-state index contributed by atoms with van der Waals surface area (Å²) in [7, 11) is 0. The largest absolute Gasteiger partial charge is 0.323 e. The van der Waals surface area contributed by atoms with Gasteiger partial charge in [0.15, 0.2) is 0 Å². The lowest BCUT2D eigenvalue weighted by molar-refractivity contribution is 0.321. The fourth-order valence-corrected chi connectivity index (χ4v) is 3.12. The fourth-order valence-electron chi connectivity index (χ4n) is 3.12. The summed E-state index contributed by atoms with van der Waals surface area (Å²) in [5, 5.41) is 0. The monoisotopic (exact) mass is 268 g/mol. The predicted octanol–water partition coefficient (Wildman–Crippen LogP) is 4.15. The molecule has 1 unspecified atom stereocenters. The summed E-state index contributed by atoms with van der Waals surface area (Å²) in [5.41, 5.74) is 10.2. The minimum absolute atomic E-state index is 0.0310. The van der Waals surface area contributed by atoms with Gasteiger partial charge in [0.25, 0.3) is 0 Å². The average Bonchev–Trinajstić information content (AvgIpc) is 2.50. The van der Waals surface area contributed by atoms with Crippen LogP contribution in [0.4, 0.5) is 0 Å².